The molecule has 0 fully saturated rings. The molecular formula is C11H8BrF5O2. The Hall–Kier alpha value is -1.18. The van der Waals surface area contributed by atoms with Crippen LogP contribution in [-0.4, -0.2) is 17.7 Å². The van der Waals surface area contributed by atoms with E-state index in [2.05, 4.69) is 20.7 Å². The van der Waals surface area contributed by atoms with E-state index in [1.54, 1.807) is 0 Å². The van der Waals surface area contributed by atoms with Gasteiger partial charge in [-0.25, -0.2) is 0 Å². The van der Waals surface area contributed by atoms with Crippen LogP contribution in [0.3, 0.4) is 0 Å². The first-order chi connectivity index (χ1) is 8.75. The third kappa shape index (κ3) is 4.45. The van der Waals surface area contributed by atoms with Crippen LogP contribution in [0.15, 0.2) is 18.2 Å². The highest BCUT2D eigenvalue weighted by Crippen LogP contribution is 2.37. The summed E-state index contributed by atoms with van der Waals surface area (Å²) in [5.74, 6) is -1.52. The monoisotopic (exact) mass is 346 g/mol. The van der Waals surface area contributed by atoms with Crippen LogP contribution in [0, 0.1) is 0 Å². The molecule has 0 N–H and O–H groups in total. The molecule has 0 radical (unpaired) electrons. The maximum atomic E-state index is 12.6. The summed E-state index contributed by atoms with van der Waals surface area (Å²) in [5.41, 5.74) is -1.45. The fourth-order valence-electron chi connectivity index (χ4n) is 1.35. The summed E-state index contributed by atoms with van der Waals surface area (Å²) in [4.78, 5) is 11.5. The third-order valence-corrected chi connectivity index (χ3v) is 2.54. The van der Waals surface area contributed by atoms with Crippen molar-refractivity contribution >= 4 is 21.7 Å². The van der Waals surface area contributed by atoms with Crippen molar-refractivity contribution in [2.45, 2.75) is 19.2 Å². The molecule has 19 heavy (non-hydrogen) atoms. The van der Waals surface area contributed by atoms with Crippen molar-refractivity contribution < 1.29 is 31.5 Å². The van der Waals surface area contributed by atoms with Gasteiger partial charge in [0.25, 0.3) is 0 Å². The lowest BCUT2D eigenvalue weighted by atomic mass is 10.1. The molecule has 0 unspecified atom stereocenters. The van der Waals surface area contributed by atoms with Crippen LogP contribution >= 0.6 is 15.9 Å². The van der Waals surface area contributed by atoms with Gasteiger partial charge in [0.2, 0.25) is 0 Å². The van der Waals surface area contributed by atoms with E-state index in [9.17, 15) is 26.7 Å². The molecule has 106 valence electrons. The molecule has 2 nitrogen and oxygen atoms in total. The second-order valence-corrected chi connectivity index (χ2v) is 4.24. The number of ether oxygens (including phenoxy) is 1. The SMILES string of the molecule is O=C(CCBr)c1ccc(C(F)(F)F)c(OC(F)F)c1. The average molecular weight is 347 g/mol. The van der Waals surface area contributed by atoms with Gasteiger partial charge in [0.05, 0.1) is 5.56 Å². The molecule has 0 aliphatic rings. The van der Waals surface area contributed by atoms with Crippen LogP contribution in [0.25, 0.3) is 0 Å². The smallest absolute Gasteiger partial charge is 0.419 e. The number of Topliss-reactive ketones (excluding diaryl/α,β-unsaturated/α-hetero) is 1. The van der Waals surface area contributed by atoms with E-state index in [4.69, 9.17) is 0 Å². The molecule has 0 bridgehead atoms. The minimum Gasteiger partial charge on any atom is -0.434 e. The Bertz CT molecular complexity index is 459. The van der Waals surface area contributed by atoms with Gasteiger partial charge in [-0.1, -0.05) is 22.0 Å². The number of carbonyl (C=O) groups excluding carboxylic acids is 1. The van der Waals surface area contributed by atoms with E-state index in [1.807, 2.05) is 0 Å². The van der Waals surface area contributed by atoms with Crippen LogP contribution in [0.1, 0.15) is 22.3 Å². The summed E-state index contributed by atoms with van der Waals surface area (Å²) in [5, 5.41) is 0.317. The first-order valence-corrected chi connectivity index (χ1v) is 6.13. The third-order valence-electron chi connectivity index (χ3n) is 2.15. The number of alkyl halides is 6. The summed E-state index contributed by atoms with van der Waals surface area (Å²) in [6.45, 7) is -3.40. The van der Waals surface area contributed by atoms with Crippen molar-refractivity contribution in [3.05, 3.63) is 29.3 Å². The number of ketones is 1. The maximum absolute atomic E-state index is 12.6. The summed E-state index contributed by atoms with van der Waals surface area (Å²) < 4.78 is 65.7. The fourth-order valence-corrected chi connectivity index (χ4v) is 1.71. The Kier molecular flexibility index (Phi) is 5.28. The van der Waals surface area contributed by atoms with Crippen LogP contribution in [0.2, 0.25) is 0 Å². The Morgan fingerprint density at radius 3 is 2.42 bits per heavy atom. The standard InChI is InChI=1S/C11H8BrF5O2/c12-4-3-8(18)6-1-2-7(11(15,16)17)9(5-6)19-10(13)14/h1-2,5,10H,3-4H2. The molecule has 0 spiro atoms. The Morgan fingerprint density at radius 2 is 1.95 bits per heavy atom. The highest BCUT2D eigenvalue weighted by atomic mass is 79.9. The molecule has 0 amide bonds. The normalized spacial score (nSPS) is 11.7. The molecule has 0 saturated heterocycles. The molecule has 0 aliphatic heterocycles. The zero-order valence-corrected chi connectivity index (χ0v) is 10.9. The molecule has 0 aliphatic carbocycles. The lowest BCUT2D eigenvalue weighted by molar-refractivity contribution is -0.141. The van der Waals surface area contributed by atoms with Gasteiger partial charge < -0.3 is 4.74 Å². The van der Waals surface area contributed by atoms with Gasteiger partial charge in [-0.05, 0) is 12.1 Å². The topological polar surface area (TPSA) is 26.3 Å². The van der Waals surface area contributed by atoms with E-state index in [-0.39, 0.29) is 12.0 Å². The number of carbonyl (C=O) groups is 1. The van der Waals surface area contributed by atoms with Gasteiger partial charge in [-0.15, -0.1) is 0 Å². The van der Waals surface area contributed by atoms with Gasteiger partial charge in [-0.2, -0.15) is 22.0 Å². The molecule has 1 aromatic rings. The molecule has 1 aromatic carbocycles. The van der Waals surface area contributed by atoms with Crippen LogP contribution < -0.4 is 4.74 Å². The first-order valence-electron chi connectivity index (χ1n) is 5.01. The Morgan fingerprint density at radius 1 is 1.32 bits per heavy atom. The van der Waals surface area contributed by atoms with Gasteiger partial charge >= 0.3 is 12.8 Å². The maximum Gasteiger partial charge on any atom is 0.419 e. The van der Waals surface area contributed by atoms with Crippen LogP contribution in [0.4, 0.5) is 22.0 Å². The number of hydrogen-bond acceptors (Lipinski definition) is 2. The van der Waals surface area contributed by atoms with Gasteiger partial charge in [0, 0.05) is 17.3 Å². The zero-order valence-electron chi connectivity index (χ0n) is 9.31. The van der Waals surface area contributed by atoms with E-state index >= 15 is 0 Å². The quantitative estimate of drug-likeness (QED) is 0.452. The fraction of sp³-hybridized carbons (Fsp3) is 0.364. The highest BCUT2D eigenvalue weighted by molar-refractivity contribution is 9.09. The molecule has 0 atom stereocenters. The molecule has 0 aromatic heterocycles. The van der Waals surface area contributed by atoms with Crippen molar-refractivity contribution in [2.24, 2.45) is 0 Å². The lowest BCUT2D eigenvalue weighted by Crippen LogP contribution is -2.12. The lowest BCUT2D eigenvalue weighted by Gasteiger charge is -2.14. The summed E-state index contributed by atoms with van der Waals surface area (Å²) in [6.07, 6.45) is -4.79. The minimum atomic E-state index is -4.83. The summed E-state index contributed by atoms with van der Waals surface area (Å²) in [6, 6.07) is 2.17. The highest BCUT2D eigenvalue weighted by Gasteiger charge is 2.35. The predicted octanol–water partition coefficient (Wildman–Crippen LogP) is 4.27. The van der Waals surface area contributed by atoms with E-state index < -0.39 is 29.9 Å². The van der Waals surface area contributed by atoms with Crippen molar-refractivity contribution in [1.29, 1.82) is 0 Å². The number of hydrogen-bond donors (Lipinski definition) is 0. The number of benzene rings is 1. The predicted molar refractivity (Wildman–Crippen MR) is 60.8 cm³/mol. The second kappa shape index (κ2) is 6.31. The Labute approximate surface area is 113 Å². The largest absolute Gasteiger partial charge is 0.434 e. The van der Waals surface area contributed by atoms with Crippen molar-refractivity contribution in [2.75, 3.05) is 5.33 Å². The van der Waals surface area contributed by atoms with Crippen molar-refractivity contribution in [3.8, 4) is 5.75 Å². The Balaban J connectivity index is 3.19. The molecule has 0 heterocycles. The number of halogens is 6. The summed E-state index contributed by atoms with van der Waals surface area (Å²) >= 11 is 3.00. The second-order valence-electron chi connectivity index (χ2n) is 3.45. The van der Waals surface area contributed by atoms with E-state index in [1.165, 1.54) is 0 Å². The molecule has 1 rings (SSSR count). The van der Waals surface area contributed by atoms with Crippen LogP contribution in [-0.2, 0) is 6.18 Å². The molecular weight excluding hydrogens is 339 g/mol. The molecule has 8 heteroatoms. The average Bonchev–Trinajstić information content (AvgIpc) is 2.26. The van der Waals surface area contributed by atoms with E-state index in [0.717, 1.165) is 6.07 Å². The van der Waals surface area contributed by atoms with Crippen LogP contribution in [0.5, 0.6) is 5.75 Å². The van der Waals surface area contributed by atoms with Gasteiger partial charge in [0.1, 0.15) is 5.75 Å². The minimum absolute atomic E-state index is 0.0412. The van der Waals surface area contributed by atoms with Gasteiger partial charge in [-0.3, -0.25) is 4.79 Å². The summed E-state index contributed by atoms with van der Waals surface area (Å²) in [7, 11) is 0. The molecule has 0 saturated carbocycles. The van der Waals surface area contributed by atoms with Gasteiger partial charge in [0.15, 0.2) is 5.78 Å². The van der Waals surface area contributed by atoms with Crippen molar-refractivity contribution in [1.82, 2.24) is 0 Å². The van der Waals surface area contributed by atoms with Crippen molar-refractivity contribution in [3.63, 3.8) is 0 Å². The first kappa shape index (κ1) is 15.9. The number of rotatable bonds is 5. The zero-order chi connectivity index (χ0) is 14.6. The van der Waals surface area contributed by atoms with E-state index in [0.29, 0.717) is 17.5 Å².